The van der Waals surface area contributed by atoms with E-state index in [2.05, 4.69) is 0 Å². The van der Waals surface area contributed by atoms with E-state index < -0.39 is 0 Å². The molecule has 1 radical (unpaired) electrons. The second kappa shape index (κ2) is 106. The molecule has 33 valence electrons. The molecule has 0 aromatic rings. The second-order valence-electron chi connectivity index (χ2n) is 0. The molecule has 0 aliphatic heterocycles. The molecule has 0 spiro atoms. The summed E-state index contributed by atoms with van der Waals surface area (Å²) < 4.78 is 0. The zero-order chi connectivity index (χ0) is 0. The summed E-state index contributed by atoms with van der Waals surface area (Å²) in [6.07, 6.45) is 0. The SMILES string of the molecule is F.F.F.[Ir]. The molecule has 0 heterocycles. The molecule has 0 fully saturated rings. The van der Waals surface area contributed by atoms with E-state index >= 15 is 0 Å². The fourth-order valence-electron chi connectivity index (χ4n) is 0. The van der Waals surface area contributed by atoms with Gasteiger partial charge < -0.3 is 0 Å². The third-order valence-electron chi connectivity index (χ3n) is 0. The molecule has 0 saturated heterocycles. The van der Waals surface area contributed by atoms with Gasteiger partial charge in [0.1, 0.15) is 0 Å². The first-order chi connectivity index (χ1) is 0. The van der Waals surface area contributed by atoms with Crippen molar-refractivity contribution in [3.63, 3.8) is 0 Å². The van der Waals surface area contributed by atoms with Crippen molar-refractivity contribution in [2.75, 3.05) is 0 Å². The van der Waals surface area contributed by atoms with Gasteiger partial charge in [-0.05, 0) is 0 Å². The van der Waals surface area contributed by atoms with Crippen molar-refractivity contribution in [1.29, 1.82) is 0 Å². The van der Waals surface area contributed by atoms with Crippen LogP contribution in [-0.2, 0) is 20.1 Å². The molecule has 0 atom stereocenters. The summed E-state index contributed by atoms with van der Waals surface area (Å²) in [7, 11) is 0. The van der Waals surface area contributed by atoms with E-state index in [1.165, 1.54) is 0 Å². The molecule has 0 aromatic heterocycles. The van der Waals surface area contributed by atoms with Crippen LogP contribution in [0.2, 0.25) is 0 Å². The topological polar surface area (TPSA) is 0 Å². The van der Waals surface area contributed by atoms with Gasteiger partial charge in [0.05, 0.1) is 0 Å². The third kappa shape index (κ3) is 26.2. The van der Waals surface area contributed by atoms with E-state index in [1.807, 2.05) is 0 Å². The predicted octanol–water partition coefficient (Wildman–Crippen LogP) is 0.455. The molecule has 0 nitrogen and oxygen atoms in total. The first kappa shape index (κ1) is 272. The van der Waals surface area contributed by atoms with Crippen LogP contribution in [0.1, 0.15) is 0 Å². The zero-order valence-corrected chi connectivity index (χ0v) is 3.95. The number of hydrogen-bond donors (Lipinski definition) is 0. The van der Waals surface area contributed by atoms with E-state index in [0.717, 1.165) is 0 Å². The summed E-state index contributed by atoms with van der Waals surface area (Å²) in [6.45, 7) is 0. The Morgan fingerprint density at radius 1 is 0.500 bits per heavy atom. The van der Waals surface area contributed by atoms with Gasteiger partial charge >= 0.3 is 0 Å². The summed E-state index contributed by atoms with van der Waals surface area (Å²) in [4.78, 5) is 0. The van der Waals surface area contributed by atoms with Crippen molar-refractivity contribution < 1.29 is 34.2 Å². The van der Waals surface area contributed by atoms with Crippen LogP contribution in [-0.4, -0.2) is 0 Å². The van der Waals surface area contributed by atoms with Gasteiger partial charge in [-0.1, -0.05) is 0 Å². The molecule has 0 amide bonds. The molecule has 0 aromatic carbocycles. The van der Waals surface area contributed by atoms with Gasteiger partial charge in [-0.25, -0.2) is 0 Å². The molecule has 0 saturated carbocycles. The zero-order valence-electron chi connectivity index (χ0n) is 1.56. The van der Waals surface area contributed by atoms with Crippen molar-refractivity contribution >= 4 is 0 Å². The first-order valence-electron chi connectivity index (χ1n) is 0. The molecule has 0 aliphatic rings. The van der Waals surface area contributed by atoms with Crippen molar-refractivity contribution in [1.82, 2.24) is 0 Å². The molecule has 0 bridgehead atoms. The van der Waals surface area contributed by atoms with Crippen molar-refractivity contribution in [2.24, 2.45) is 0 Å². The van der Waals surface area contributed by atoms with Crippen molar-refractivity contribution in [3.8, 4) is 0 Å². The van der Waals surface area contributed by atoms with Crippen LogP contribution >= 0.6 is 0 Å². The van der Waals surface area contributed by atoms with Crippen LogP contribution in [0.4, 0.5) is 14.1 Å². The maximum Gasteiger partial charge on any atom is 0 e. The normalized spacial score (nSPS) is 0. The molecule has 0 N–H and O–H groups in total. The summed E-state index contributed by atoms with van der Waals surface area (Å²) in [6, 6.07) is 0. The maximum atomic E-state index is 0. The average molecular weight is 252 g/mol. The van der Waals surface area contributed by atoms with Gasteiger partial charge in [0, 0.05) is 20.1 Å². The molecular weight excluding hydrogens is 249 g/mol. The Bertz CT molecular complexity index is 3.25. The summed E-state index contributed by atoms with van der Waals surface area (Å²) in [5.41, 5.74) is 0. The fraction of sp³-hybridized carbons (Fsp3) is 0. The van der Waals surface area contributed by atoms with Gasteiger partial charge in [-0.2, -0.15) is 0 Å². The Balaban J connectivity index is 0. The molecule has 0 rings (SSSR count). The monoisotopic (exact) mass is 253 g/mol. The van der Waals surface area contributed by atoms with Crippen LogP contribution in [0.5, 0.6) is 0 Å². The minimum Gasteiger partial charge on any atom is -0.269 e. The van der Waals surface area contributed by atoms with Crippen LogP contribution in [0.25, 0.3) is 0 Å². The minimum absolute atomic E-state index is 0. The van der Waals surface area contributed by atoms with E-state index in [1.54, 1.807) is 0 Å². The fourth-order valence-corrected chi connectivity index (χ4v) is 0. The standard InChI is InChI=1S/3FH.Ir/h3*1H;. The van der Waals surface area contributed by atoms with E-state index in [0.29, 0.717) is 0 Å². The molecule has 0 aliphatic carbocycles. The summed E-state index contributed by atoms with van der Waals surface area (Å²) in [5, 5.41) is 0. The number of halogens is 3. The van der Waals surface area contributed by atoms with E-state index in [9.17, 15) is 0 Å². The summed E-state index contributed by atoms with van der Waals surface area (Å²) >= 11 is 0. The average Bonchev–Trinajstić information content (AvgIpc) is 0. The predicted molar refractivity (Wildman–Crippen MR) is 7.51 cm³/mol. The Morgan fingerprint density at radius 3 is 0.500 bits per heavy atom. The van der Waals surface area contributed by atoms with Crippen LogP contribution < -0.4 is 0 Å². The largest absolute Gasteiger partial charge is 0.269 e. The van der Waals surface area contributed by atoms with Crippen LogP contribution in [0.15, 0.2) is 0 Å². The molecule has 0 unspecified atom stereocenters. The molecular formula is H3F3Ir. The Kier molecular flexibility index (Phi) is 7210. The Labute approximate surface area is 35.0 Å². The minimum atomic E-state index is 0. The van der Waals surface area contributed by atoms with Crippen LogP contribution in [0.3, 0.4) is 0 Å². The molecule has 4 heteroatoms. The molecule has 4 heavy (non-hydrogen) atoms. The van der Waals surface area contributed by atoms with Gasteiger partial charge in [0.15, 0.2) is 0 Å². The van der Waals surface area contributed by atoms with Gasteiger partial charge in [0.25, 0.3) is 0 Å². The van der Waals surface area contributed by atoms with Gasteiger partial charge in [-0.15, -0.1) is 0 Å². The Hall–Kier alpha value is 0.439. The van der Waals surface area contributed by atoms with Crippen molar-refractivity contribution in [3.05, 3.63) is 0 Å². The summed E-state index contributed by atoms with van der Waals surface area (Å²) in [5.74, 6) is 0. The number of rotatable bonds is 0. The third-order valence-corrected chi connectivity index (χ3v) is 0. The maximum absolute atomic E-state index is 0. The van der Waals surface area contributed by atoms with Gasteiger partial charge in [0.2, 0.25) is 0 Å². The number of hydrogen-bond acceptors (Lipinski definition) is 0. The smallest absolute Gasteiger partial charge is 0 e. The quantitative estimate of drug-likeness (QED) is 0.587. The second-order valence-corrected chi connectivity index (χ2v) is 0. The Morgan fingerprint density at radius 2 is 0.500 bits per heavy atom. The van der Waals surface area contributed by atoms with Gasteiger partial charge in [-0.3, -0.25) is 14.1 Å². The van der Waals surface area contributed by atoms with Crippen LogP contribution in [0, 0.1) is 0 Å². The first-order valence-corrected chi connectivity index (χ1v) is 0. The van der Waals surface area contributed by atoms with Crippen molar-refractivity contribution in [2.45, 2.75) is 0 Å². The van der Waals surface area contributed by atoms with E-state index in [4.69, 9.17) is 0 Å². The van der Waals surface area contributed by atoms with E-state index in [-0.39, 0.29) is 34.2 Å².